The second kappa shape index (κ2) is 8.49. The van der Waals surface area contributed by atoms with E-state index in [1.54, 1.807) is 13.2 Å². The molecule has 30 heavy (non-hydrogen) atoms. The van der Waals surface area contributed by atoms with Crippen LogP contribution >= 0.6 is 24.0 Å². The number of carbonyl (C=O) groups excluding carboxylic acids is 1. The van der Waals surface area contributed by atoms with E-state index in [1.807, 2.05) is 36.7 Å². The van der Waals surface area contributed by atoms with Crippen molar-refractivity contribution in [1.29, 1.82) is 0 Å². The van der Waals surface area contributed by atoms with E-state index in [4.69, 9.17) is 22.1 Å². The van der Waals surface area contributed by atoms with E-state index in [9.17, 15) is 19.5 Å². The Kier molecular flexibility index (Phi) is 6.18. The molecule has 2 heterocycles. The molecule has 0 aliphatic carbocycles. The molecule has 10 heteroatoms. The lowest BCUT2D eigenvalue weighted by Crippen LogP contribution is -2.44. The number of carboxylic acids is 2. The van der Waals surface area contributed by atoms with E-state index in [0.29, 0.717) is 10.7 Å². The molecule has 1 aliphatic heterocycles. The van der Waals surface area contributed by atoms with Crippen LogP contribution in [0.15, 0.2) is 23.1 Å². The molecule has 0 saturated carbocycles. The zero-order valence-corrected chi connectivity index (χ0v) is 18.2. The summed E-state index contributed by atoms with van der Waals surface area (Å²) in [7, 11) is 3.49. The van der Waals surface area contributed by atoms with Crippen LogP contribution in [0.5, 0.6) is 5.75 Å². The normalized spacial score (nSPS) is 16.5. The Morgan fingerprint density at radius 2 is 2.03 bits per heavy atom. The molecule has 8 nitrogen and oxygen atoms in total. The summed E-state index contributed by atoms with van der Waals surface area (Å²) in [5.74, 6) is -2.29. The van der Waals surface area contributed by atoms with E-state index in [2.05, 4.69) is 0 Å². The molecule has 2 aromatic rings. The van der Waals surface area contributed by atoms with Crippen molar-refractivity contribution in [1.82, 2.24) is 9.47 Å². The lowest BCUT2D eigenvalue weighted by atomic mass is 10.1. The van der Waals surface area contributed by atoms with Crippen LogP contribution in [-0.2, 0) is 21.4 Å². The Morgan fingerprint density at radius 1 is 1.33 bits per heavy atom. The van der Waals surface area contributed by atoms with Crippen LogP contribution in [0.1, 0.15) is 24.1 Å². The summed E-state index contributed by atoms with van der Waals surface area (Å²) in [4.78, 5) is 36.8. The van der Waals surface area contributed by atoms with Gasteiger partial charge in [0.15, 0.2) is 0 Å². The predicted molar refractivity (Wildman–Crippen MR) is 118 cm³/mol. The highest BCUT2D eigenvalue weighted by atomic mass is 32.2. The van der Waals surface area contributed by atoms with Gasteiger partial charge in [0.2, 0.25) is 0 Å². The maximum Gasteiger partial charge on any atom is 0.326 e. The molecule has 2 N–H and O–H groups in total. The highest BCUT2D eigenvalue weighted by molar-refractivity contribution is 8.26. The minimum Gasteiger partial charge on any atom is -0.497 e. The van der Waals surface area contributed by atoms with Crippen molar-refractivity contribution < 1.29 is 29.3 Å². The molecule has 1 amide bonds. The number of thioether (sulfide) groups is 1. The number of ether oxygens (including phenoxy) is 1. The summed E-state index contributed by atoms with van der Waals surface area (Å²) in [6.45, 7) is 1.92. The van der Waals surface area contributed by atoms with E-state index >= 15 is 0 Å². The first-order valence-corrected chi connectivity index (χ1v) is 10.2. The molecule has 0 bridgehead atoms. The van der Waals surface area contributed by atoms with Crippen molar-refractivity contribution >= 4 is 63.1 Å². The lowest BCUT2D eigenvalue weighted by Gasteiger charge is -2.22. The fourth-order valence-corrected chi connectivity index (χ4v) is 4.73. The molecule has 1 fully saturated rings. The molecule has 0 spiro atoms. The summed E-state index contributed by atoms with van der Waals surface area (Å²) >= 11 is 6.26. The third-order valence-corrected chi connectivity index (χ3v) is 6.41. The summed E-state index contributed by atoms with van der Waals surface area (Å²) in [6.07, 6.45) is 1.09. The van der Waals surface area contributed by atoms with Crippen LogP contribution in [0.25, 0.3) is 17.0 Å². The number of thiocarbonyl (C=S) groups is 1. The molecule has 1 aromatic carbocycles. The highest BCUT2D eigenvalue weighted by Crippen LogP contribution is 2.37. The SMILES string of the molecule is COc1ccc2c(c1)c(/C=C1\SC(=S)N([C@@H](CCC(=O)O)C(=O)O)C1=O)c(C)n2C. The Labute approximate surface area is 182 Å². The van der Waals surface area contributed by atoms with Gasteiger partial charge in [0.25, 0.3) is 5.91 Å². The van der Waals surface area contributed by atoms with Crippen molar-refractivity contribution in [3.63, 3.8) is 0 Å². The minimum absolute atomic E-state index is 0.0968. The molecule has 3 rings (SSSR count). The largest absolute Gasteiger partial charge is 0.497 e. The number of hydrogen-bond donors (Lipinski definition) is 2. The van der Waals surface area contributed by atoms with Gasteiger partial charge in [0.1, 0.15) is 16.1 Å². The Balaban J connectivity index is 2.02. The predicted octanol–water partition coefficient (Wildman–Crippen LogP) is 3.01. The monoisotopic (exact) mass is 448 g/mol. The summed E-state index contributed by atoms with van der Waals surface area (Å²) in [6, 6.07) is 4.33. The zero-order valence-electron chi connectivity index (χ0n) is 16.5. The molecular formula is C20H20N2O6S2. The first-order valence-electron chi connectivity index (χ1n) is 9.00. The van der Waals surface area contributed by atoms with Gasteiger partial charge in [-0.05, 0) is 37.6 Å². The second-order valence-electron chi connectivity index (χ2n) is 6.78. The van der Waals surface area contributed by atoms with Gasteiger partial charge in [-0.15, -0.1) is 0 Å². The fraction of sp³-hybridized carbons (Fsp3) is 0.300. The summed E-state index contributed by atoms with van der Waals surface area (Å²) in [5, 5.41) is 19.3. The Bertz CT molecular complexity index is 1100. The van der Waals surface area contributed by atoms with Crippen molar-refractivity contribution in [2.45, 2.75) is 25.8 Å². The van der Waals surface area contributed by atoms with E-state index < -0.39 is 23.9 Å². The minimum atomic E-state index is -1.33. The van der Waals surface area contributed by atoms with Crippen molar-refractivity contribution in [3.8, 4) is 5.75 Å². The topological polar surface area (TPSA) is 109 Å². The number of carboxylic acid groups (broad SMARTS) is 2. The van der Waals surface area contributed by atoms with Gasteiger partial charge in [-0.2, -0.15) is 0 Å². The molecule has 158 valence electrons. The zero-order chi connectivity index (χ0) is 22.2. The van der Waals surface area contributed by atoms with Crippen LogP contribution in [-0.4, -0.2) is 55.0 Å². The number of fused-ring (bicyclic) bond motifs is 1. The number of amides is 1. The maximum atomic E-state index is 13.0. The fourth-order valence-electron chi connectivity index (χ4n) is 3.39. The van der Waals surface area contributed by atoms with E-state index in [1.165, 1.54) is 0 Å². The van der Waals surface area contributed by atoms with Crippen molar-refractivity contribution in [3.05, 3.63) is 34.4 Å². The number of benzene rings is 1. The number of aryl methyl sites for hydroxylation is 1. The first kappa shape index (κ1) is 21.8. The average molecular weight is 449 g/mol. The molecule has 0 radical (unpaired) electrons. The molecule has 0 unspecified atom stereocenters. The number of hydrogen-bond acceptors (Lipinski definition) is 6. The molecule has 1 aliphatic rings. The van der Waals surface area contributed by atoms with Crippen molar-refractivity contribution in [2.75, 3.05) is 7.11 Å². The highest BCUT2D eigenvalue weighted by Gasteiger charge is 2.40. The number of rotatable bonds is 7. The summed E-state index contributed by atoms with van der Waals surface area (Å²) < 4.78 is 7.40. The second-order valence-corrected chi connectivity index (χ2v) is 8.46. The third-order valence-electron chi connectivity index (χ3n) is 5.08. The van der Waals surface area contributed by atoms with Gasteiger partial charge >= 0.3 is 11.9 Å². The van der Waals surface area contributed by atoms with Crippen LogP contribution in [0, 0.1) is 6.92 Å². The van der Waals surface area contributed by atoms with E-state index in [0.717, 1.165) is 38.8 Å². The average Bonchev–Trinajstić information content (AvgIpc) is 3.10. The maximum absolute atomic E-state index is 13.0. The number of nitrogens with zero attached hydrogens (tertiary/aromatic N) is 2. The smallest absolute Gasteiger partial charge is 0.326 e. The molecule has 1 atom stereocenters. The quantitative estimate of drug-likeness (QED) is 0.491. The van der Waals surface area contributed by atoms with Crippen LogP contribution in [0.2, 0.25) is 0 Å². The lowest BCUT2D eigenvalue weighted by molar-refractivity contribution is -0.146. The van der Waals surface area contributed by atoms with Crippen LogP contribution in [0.4, 0.5) is 0 Å². The Morgan fingerprint density at radius 3 is 2.63 bits per heavy atom. The van der Waals surface area contributed by atoms with Crippen LogP contribution in [0.3, 0.4) is 0 Å². The van der Waals surface area contributed by atoms with Crippen LogP contribution < -0.4 is 4.74 Å². The van der Waals surface area contributed by atoms with Gasteiger partial charge < -0.3 is 19.5 Å². The molecular weight excluding hydrogens is 428 g/mol. The van der Waals surface area contributed by atoms with E-state index in [-0.39, 0.29) is 17.2 Å². The van der Waals surface area contributed by atoms with Gasteiger partial charge in [0.05, 0.1) is 12.0 Å². The standard InChI is InChI=1S/C20H20N2O6S2/c1-10-12(13-8-11(28-3)4-5-14(13)21(10)2)9-16-18(25)22(20(29)30-16)15(19(26)27)6-7-17(23)24/h4-5,8-9,15H,6-7H2,1-3H3,(H,23,24)(H,26,27)/b16-9-/t15-/m0/s1. The molecule has 1 aromatic heterocycles. The number of methoxy groups -OCH3 is 1. The Hall–Kier alpha value is -2.85. The van der Waals surface area contributed by atoms with Gasteiger partial charge in [0, 0.05) is 35.6 Å². The first-order chi connectivity index (χ1) is 14.1. The third kappa shape index (κ3) is 3.92. The molecule has 1 saturated heterocycles. The van der Waals surface area contributed by atoms with Gasteiger partial charge in [-0.1, -0.05) is 24.0 Å². The summed E-state index contributed by atoms with van der Waals surface area (Å²) in [5.41, 5.74) is 2.69. The van der Waals surface area contributed by atoms with Crippen molar-refractivity contribution in [2.24, 2.45) is 7.05 Å². The van der Waals surface area contributed by atoms with Gasteiger partial charge in [-0.25, -0.2) is 4.79 Å². The number of aliphatic carboxylic acids is 2. The number of carbonyl (C=O) groups is 3. The number of aromatic nitrogens is 1. The van der Waals surface area contributed by atoms with Gasteiger partial charge in [-0.3, -0.25) is 14.5 Å².